The molecule has 0 saturated carbocycles. The Labute approximate surface area is 288 Å². The molecule has 0 rings (SSSR count). The van der Waals surface area contributed by atoms with Crippen LogP contribution in [0.3, 0.4) is 0 Å². The van der Waals surface area contributed by atoms with Crippen molar-refractivity contribution in [3.05, 3.63) is 0 Å². The van der Waals surface area contributed by atoms with Crippen LogP contribution in [0.1, 0.15) is 188 Å². The van der Waals surface area contributed by atoms with Crippen LogP contribution in [0.4, 0.5) is 0 Å². The van der Waals surface area contributed by atoms with E-state index in [0.29, 0.717) is 51.7 Å². The number of hydrogen-bond donors (Lipinski definition) is 4. The zero-order valence-corrected chi connectivity index (χ0v) is 31.0. The molecule has 0 aromatic rings. The van der Waals surface area contributed by atoms with E-state index in [9.17, 15) is 14.4 Å². The topological polar surface area (TPSA) is 151 Å². The highest BCUT2D eigenvalue weighted by Crippen LogP contribution is 2.18. The number of unbranched alkanes of at least 4 members (excludes halogenated alkanes) is 17. The van der Waals surface area contributed by atoms with E-state index >= 15 is 0 Å². The van der Waals surface area contributed by atoms with Crippen molar-refractivity contribution in [3.8, 4) is 0 Å². The molecule has 9 heteroatoms. The Morgan fingerprint density at radius 3 is 1.02 bits per heavy atom. The largest absolute Gasteiger partial charge is 0.481 e. The summed E-state index contributed by atoms with van der Waals surface area (Å²) in [6, 6.07) is 0. The number of aliphatic hydroxyl groups excluding tert-OH is 3. The van der Waals surface area contributed by atoms with Gasteiger partial charge in [-0.25, -0.2) is 0 Å². The molecule has 0 aliphatic heterocycles. The summed E-state index contributed by atoms with van der Waals surface area (Å²) in [4.78, 5) is 33.3. The molecule has 0 heterocycles. The molecule has 0 fully saturated rings. The van der Waals surface area contributed by atoms with E-state index in [2.05, 4.69) is 20.8 Å². The van der Waals surface area contributed by atoms with E-state index in [-0.39, 0.29) is 31.8 Å². The molecular formula is C38H76O9. The van der Waals surface area contributed by atoms with Crippen LogP contribution in [0.2, 0.25) is 0 Å². The average molecular weight is 677 g/mol. The summed E-state index contributed by atoms with van der Waals surface area (Å²) in [5.41, 5.74) is -0.667. The summed E-state index contributed by atoms with van der Waals surface area (Å²) in [7, 11) is 0. The molecule has 9 nitrogen and oxygen atoms in total. The quantitative estimate of drug-likeness (QED) is 0.0417. The van der Waals surface area contributed by atoms with Crippen LogP contribution < -0.4 is 0 Å². The Balaban J connectivity index is -0.000000922. The number of hydrogen-bond acceptors (Lipinski definition) is 8. The normalized spacial score (nSPS) is 10.8. The highest BCUT2D eigenvalue weighted by atomic mass is 16.5. The van der Waals surface area contributed by atoms with Gasteiger partial charge in [0.2, 0.25) is 0 Å². The van der Waals surface area contributed by atoms with E-state index in [1.165, 1.54) is 77.0 Å². The second kappa shape index (κ2) is 40.5. The van der Waals surface area contributed by atoms with Gasteiger partial charge in [-0.1, -0.05) is 130 Å². The molecule has 0 aromatic heterocycles. The van der Waals surface area contributed by atoms with Crippen LogP contribution >= 0.6 is 0 Å². The predicted molar refractivity (Wildman–Crippen MR) is 191 cm³/mol. The van der Waals surface area contributed by atoms with E-state index in [1.807, 2.05) is 6.92 Å². The molecule has 0 radical (unpaired) electrons. The average Bonchev–Trinajstić information content (AvgIpc) is 3.07. The van der Waals surface area contributed by atoms with Crippen molar-refractivity contribution in [2.75, 3.05) is 33.0 Å². The third kappa shape index (κ3) is 40.4. The van der Waals surface area contributed by atoms with Gasteiger partial charge in [0.1, 0.15) is 0 Å². The number of carbonyl (C=O) groups is 3. The first-order valence-corrected chi connectivity index (χ1v) is 19.1. The Morgan fingerprint density at radius 2 is 0.745 bits per heavy atom. The molecule has 0 spiro atoms. The van der Waals surface area contributed by atoms with Crippen LogP contribution in [-0.4, -0.2) is 71.4 Å². The predicted octanol–water partition coefficient (Wildman–Crippen LogP) is 8.93. The van der Waals surface area contributed by atoms with Gasteiger partial charge >= 0.3 is 17.9 Å². The molecule has 0 atom stereocenters. The van der Waals surface area contributed by atoms with E-state index in [0.717, 1.165) is 44.9 Å². The van der Waals surface area contributed by atoms with Crippen LogP contribution in [0.25, 0.3) is 0 Å². The Hall–Kier alpha value is -1.71. The van der Waals surface area contributed by atoms with Crippen molar-refractivity contribution >= 4 is 17.9 Å². The second-order valence-corrected chi connectivity index (χ2v) is 12.8. The zero-order chi connectivity index (χ0) is 35.9. The molecule has 0 aromatic carbocycles. The van der Waals surface area contributed by atoms with E-state index in [4.69, 9.17) is 29.9 Å². The number of aliphatic hydroxyl groups is 3. The smallest absolute Gasteiger partial charge is 0.305 e. The van der Waals surface area contributed by atoms with Gasteiger partial charge in [0.05, 0.1) is 33.0 Å². The summed E-state index contributed by atoms with van der Waals surface area (Å²) < 4.78 is 10.5. The Morgan fingerprint density at radius 1 is 0.447 bits per heavy atom. The maximum absolute atomic E-state index is 11.7. The number of carboxylic acids is 1. The maximum atomic E-state index is 11.7. The number of carbonyl (C=O) groups excluding carboxylic acids is 2. The third-order valence-electron chi connectivity index (χ3n) is 8.28. The van der Waals surface area contributed by atoms with Crippen LogP contribution in [0.5, 0.6) is 0 Å². The third-order valence-corrected chi connectivity index (χ3v) is 8.28. The summed E-state index contributed by atoms with van der Waals surface area (Å²) in [6.45, 7) is 8.95. The fourth-order valence-corrected chi connectivity index (χ4v) is 4.54. The maximum Gasteiger partial charge on any atom is 0.305 e. The highest BCUT2D eigenvalue weighted by Gasteiger charge is 2.24. The van der Waals surface area contributed by atoms with Gasteiger partial charge in [-0.3, -0.25) is 14.4 Å². The van der Waals surface area contributed by atoms with Crippen LogP contribution in [0.15, 0.2) is 0 Å². The van der Waals surface area contributed by atoms with Crippen LogP contribution in [0, 0.1) is 5.41 Å². The fourth-order valence-electron chi connectivity index (χ4n) is 4.54. The molecule has 47 heavy (non-hydrogen) atoms. The highest BCUT2D eigenvalue weighted by molar-refractivity contribution is 5.70. The van der Waals surface area contributed by atoms with Gasteiger partial charge in [0.15, 0.2) is 0 Å². The minimum absolute atomic E-state index is 0.134. The molecule has 0 amide bonds. The van der Waals surface area contributed by atoms with Gasteiger partial charge in [0.25, 0.3) is 0 Å². The molecule has 0 aliphatic carbocycles. The van der Waals surface area contributed by atoms with E-state index in [1.54, 1.807) is 0 Å². The minimum Gasteiger partial charge on any atom is -0.481 e. The lowest BCUT2D eigenvalue weighted by molar-refractivity contribution is -0.146. The van der Waals surface area contributed by atoms with Crippen molar-refractivity contribution in [3.63, 3.8) is 0 Å². The monoisotopic (exact) mass is 677 g/mol. The SMILES string of the molecule is CCC(CO)(CO)CO.CCCCCC(=O)O.CCCCCCCCCCOC(=O)CCCCC(=O)OCCCCCCCCCC. The lowest BCUT2D eigenvalue weighted by Gasteiger charge is -2.24. The first-order valence-electron chi connectivity index (χ1n) is 19.1. The number of ether oxygens (including phenoxy) is 2. The van der Waals surface area contributed by atoms with Crippen molar-refractivity contribution < 1.29 is 44.3 Å². The molecule has 0 saturated heterocycles. The van der Waals surface area contributed by atoms with Crippen molar-refractivity contribution in [1.82, 2.24) is 0 Å². The fraction of sp³-hybridized carbons (Fsp3) is 0.921. The van der Waals surface area contributed by atoms with Crippen molar-refractivity contribution in [1.29, 1.82) is 0 Å². The molecule has 4 N–H and O–H groups in total. The van der Waals surface area contributed by atoms with Gasteiger partial charge in [-0.05, 0) is 38.5 Å². The summed E-state index contributed by atoms with van der Waals surface area (Å²) in [6.07, 6.45) is 26.0. The second-order valence-electron chi connectivity index (χ2n) is 12.8. The lowest BCUT2D eigenvalue weighted by Crippen LogP contribution is -2.32. The Bertz CT molecular complexity index is 612. The minimum atomic E-state index is -0.682. The zero-order valence-electron chi connectivity index (χ0n) is 31.0. The number of rotatable bonds is 31. The summed E-state index contributed by atoms with van der Waals surface area (Å²) in [5, 5.41) is 34.1. The summed E-state index contributed by atoms with van der Waals surface area (Å²) >= 11 is 0. The molecule has 0 bridgehead atoms. The number of esters is 2. The molecule has 0 aliphatic rings. The van der Waals surface area contributed by atoms with Crippen molar-refractivity contribution in [2.24, 2.45) is 5.41 Å². The standard InChI is InChI=1S/C26H50O4.C6H14O3.C6H12O2/c1-3-5-7-9-11-13-15-19-23-29-25(27)21-17-18-22-26(28)30-24-20-16-14-12-10-8-6-4-2;1-2-6(3-7,4-8)5-9;1-2-3-4-5-6(7)8/h3-24H2,1-2H3;7-9H,2-5H2,1H3;2-5H2,1H3,(H,7,8). The van der Waals surface area contributed by atoms with E-state index < -0.39 is 11.4 Å². The first kappa shape index (κ1) is 49.7. The first-order chi connectivity index (χ1) is 22.7. The van der Waals surface area contributed by atoms with Crippen LogP contribution in [-0.2, 0) is 23.9 Å². The van der Waals surface area contributed by atoms with Gasteiger partial charge < -0.3 is 29.9 Å². The number of carboxylic acid groups (broad SMARTS) is 1. The van der Waals surface area contributed by atoms with Gasteiger partial charge in [0, 0.05) is 24.7 Å². The van der Waals surface area contributed by atoms with Gasteiger partial charge in [-0.15, -0.1) is 0 Å². The van der Waals surface area contributed by atoms with Gasteiger partial charge in [-0.2, -0.15) is 0 Å². The molecule has 282 valence electrons. The Kier molecular flexibility index (Phi) is 42.8. The summed E-state index contributed by atoms with van der Waals surface area (Å²) in [5.74, 6) is -0.950. The number of aliphatic carboxylic acids is 1. The van der Waals surface area contributed by atoms with Crippen molar-refractivity contribution in [2.45, 2.75) is 188 Å². The molecular weight excluding hydrogens is 600 g/mol. The lowest BCUT2D eigenvalue weighted by atomic mass is 9.88. The molecule has 0 unspecified atom stereocenters.